The van der Waals surface area contributed by atoms with Crippen LogP contribution in [-0.2, 0) is 41.9 Å². The van der Waals surface area contributed by atoms with Gasteiger partial charge in [-0.15, -0.1) is 0 Å². The van der Waals surface area contributed by atoms with Gasteiger partial charge in [0.05, 0.1) is 0 Å². The van der Waals surface area contributed by atoms with Gasteiger partial charge in [0, 0.05) is 6.07 Å². The molecule has 0 radical (unpaired) electrons. The van der Waals surface area contributed by atoms with Crippen molar-refractivity contribution in [2.45, 2.75) is 17.4 Å². The van der Waals surface area contributed by atoms with Crippen molar-refractivity contribution in [3.05, 3.63) is 23.8 Å². The van der Waals surface area contributed by atoms with Gasteiger partial charge in [-0.25, -0.2) is 0 Å². The Labute approximate surface area is 136 Å². The van der Waals surface area contributed by atoms with E-state index in [2.05, 4.69) is 0 Å². The Bertz CT molecular complexity index is 916. The zero-order chi connectivity index (χ0) is 18.9. The SMILES string of the molecule is O=CC(Cc1ccc(O)cc1S(=O)(=O)O)N(S(=O)(=O)O)S(=O)(=O)O. The van der Waals surface area contributed by atoms with Crippen molar-refractivity contribution in [1.82, 2.24) is 3.71 Å². The van der Waals surface area contributed by atoms with Gasteiger partial charge in [0.2, 0.25) is 0 Å². The number of phenolic OH excluding ortho intramolecular Hbond substituents is 1. The van der Waals surface area contributed by atoms with Crippen LogP contribution in [0, 0.1) is 0 Å². The highest BCUT2D eigenvalue weighted by Crippen LogP contribution is 2.24. The van der Waals surface area contributed by atoms with E-state index in [4.69, 9.17) is 13.7 Å². The topological polar surface area (TPSA) is 204 Å². The zero-order valence-electron chi connectivity index (χ0n) is 11.4. The summed E-state index contributed by atoms with van der Waals surface area (Å²) in [6.07, 6.45) is -1.26. The Balaban J connectivity index is 3.49. The summed E-state index contributed by atoms with van der Waals surface area (Å²) in [5.41, 5.74) is -0.468. The standard InChI is InChI=1S/C9H11NO11S3/c11-5-7(10(23(16,17)18)24(19,20)21)3-6-1-2-8(12)4-9(6)22(13,14)15/h1-2,4-5,7,12H,3H2,(H,13,14,15)(H,16,17,18)(H,19,20,21). The molecule has 1 aromatic carbocycles. The Morgan fingerprint density at radius 2 is 1.50 bits per heavy atom. The molecule has 0 spiro atoms. The van der Waals surface area contributed by atoms with Crippen LogP contribution >= 0.6 is 0 Å². The molecule has 0 heterocycles. The number of carbonyl (C=O) groups excluding carboxylic acids is 1. The first-order chi connectivity index (χ1) is 10.7. The fourth-order valence-corrected chi connectivity index (χ4v) is 4.45. The van der Waals surface area contributed by atoms with Crippen molar-refractivity contribution >= 4 is 37.0 Å². The van der Waals surface area contributed by atoms with Crippen LogP contribution in [0.3, 0.4) is 0 Å². The lowest BCUT2D eigenvalue weighted by molar-refractivity contribution is -0.110. The van der Waals surface area contributed by atoms with E-state index in [1.54, 1.807) is 0 Å². The second-order valence-corrected chi connectivity index (χ2v) is 8.55. The number of carbonyl (C=O) groups is 1. The van der Waals surface area contributed by atoms with Crippen LogP contribution in [0.15, 0.2) is 23.1 Å². The Morgan fingerprint density at radius 1 is 1.00 bits per heavy atom. The van der Waals surface area contributed by atoms with Gasteiger partial charge in [-0.05, 0) is 21.8 Å². The largest absolute Gasteiger partial charge is 0.508 e. The number of benzene rings is 1. The molecule has 136 valence electrons. The first-order valence-corrected chi connectivity index (χ1v) is 9.90. The minimum Gasteiger partial charge on any atom is -0.508 e. The summed E-state index contributed by atoms with van der Waals surface area (Å²) in [6, 6.07) is 0.0794. The Morgan fingerprint density at radius 3 is 1.88 bits per heavy atom. The minimum atomic E-state index is -5.61. The number of phenols is 1. The summed E-state index contributed by atoms with van der Waals surface area (Å²) >= 11 is 0. The van der Waals surface area contributed by atoms with E-state index in [0.29, 0.717) is 6.07 Å². The van der Waals surface area contributed by atoms with E-state index in [9.17, 15) is 35.2 Å². The van der Waals surface area contributed by atoms with Crippen LogP contribution in [0.5, 0.6) is 5.75 Å². The molecule has 1 rings (SSSR count). The average Bonchev–Trinajstić information content (AvgIpc) is 2.35. The molecule has 0 aromatic heterocycles. The molecule has 0 saturated carbocycles. The molecule has 0 aliphatic rings. The molecule has 0 saturated heterocycles. The van der Waals surface area contributed by atoms with Crippen molar-refractivity contribution in [1.29, 1.82) is 0 Å². The summed E-state index contributed by atoms with van der Waals surface area (Å²) in [6.45, 7) is 0. The van der Waals surface area contributed by atoms with Crippen molar-refractivity contribution in [2.75, 3.05) is 0 Å². The monoisotopic (exact) mass is 405 g/mol. The number of hydrogen-bond donors (Lipinski definition) is 4. The number of nitrogens with zero attached hydrogens (tertiary/aromatic N) is 1. The van der Waals surface area contributed by atoms with E-state index < -0.39 is 63.1 Å². The van der Waals surface area contributed by atoms with Crippen LogP contribution in [-0.4, -0.2) is 60.1 Å². The van der Waals surface area contributed by atoms with Gasteiger partial charge in [-0.1, -0.05) is 6.07 Å². The molecule has 0 fully saturated rings. The number of aromatic hydroxyl groups is 1. The molecule has 0 aliphatic carbocycles. The molecule has 24 heavy (non-hydrogen) atoms. The summed E-state index contributed by atoms with van der Waals surface area (Å²) in [5, 5.41) is 9.23. The molecule has 15 heteroatoms. The van der Waals surface area contributed by atoms with Gasteiger partial charge in [0.25, 0.3) is 10.1 Å². The summed E-state index contributed by atoms with van der Waals surface area (Å²) in [4.78, 5) is 10.1. The van der Waals surface area contributed by atoms with Crippen molar-refractivity contribution in [2.24, 2.45) is 0 Å². The van der Waals surface area contributed by atoms with Gasteiger partial charge in [0.1, 0.15) is 23.0 Å². The van der Waals surface area contributed by atoms with Crippen molar-refractivity contribution < 1.29 is 48.8 Å². The maximum absolute atomic E-state index is 11.2. The fourth-order valence-electron chi connectivity index (χ4n) is 1.81. The third-order valence-corrected chi connectivity index (χ3v) is 6.16. The third-order valence-electron chi connectivity index (χ3n) is 2.64. The van der Waals surface area contributed by atoms with E-state index in [1.165, 1.54) is 0 Å². The van der Waals surface area contributed by atoms with E-state index >= 15 is 0 Å². The van der Waals surface area contributed by atoms with Gasteiger partial charge in [0.15, 0.2) is 0 Å². The second-order valence-electron chi connectivity index (χ2n) is 4.36. The molecule has 1 unspecified atom stereocenters. The van der Waals surface area contributed by atoms with E-state index in [-0.39, 0.29) is 6.29 Å². The van der Waals surface area contributed by atoms with Gasteiger partial charge >= 0.3 is 20.6 Å². The predicted molar refractivity (Wildman–Crippen MR) is 76.4 cm³/mol. The summed E-state index contributed by atoms with van der Waals surface area (Å²) in [5.74, 6) is -0.601. The van der Waals surface area contributed by atoms with Crippen LogP contribution in [0.25, 0.3) is 0 Å². The first-order valence-electron chi connectivity index (χ1n) is 5.67. The smallest absolute Gasteiger partial charge is 0.351 e. The molecular formula is C9H11NO11S3. The van der Waals surface area contributed by atoms with Gasteiger partial charge < -0.3 is 9.90 Å². The van der Waals surface area contributed by atoms with E-state index in [1.807, 2.05) is 0 Å². The molecular weight excluding hydrogens is 394 g/mol. The zero-order valence-corrected chi connectivity index (χ0v) is 13.9. The number of rotatable bonds is 7. The Kier molecular flexibility index (Phi) is 5.71. The van der Waals surface area contributed by atoms with Gasteiger partial charge in [-0.2, -0.15) is 25.3 Å². The lowest BCUT2D eigenvalue weighted by atomic mass is 10.1. The second kappa shape index (κ2) is 6.71. The normalized spacial score (nSPS) is 14.5. The van der Waals surface area contributed by atoms with Crippen LogP contribution in [0.4, 0.5) is 0 Å². The summed E-state index contributed by atoms with van der Waals surface area (Å²) in [7, 11) is -16.1. The quantitative estimate of drug-likeness (QED) is 0.308. The van der Waals surface area contributed by atoms with Crippen LogP contribution in [0.1, 0.15) is 5.56 Å². The first kappa shape index (κ1) is 20.4. The summed E-state index contributed by atoms with van der Waals surface area (Å²) < 4.78 is 92.7. The lowest BCUT2D eigenvalue weighted by Crippen LogP contribution is -2.46. The average molecular weight is 405 g/mol. The number of hydrogen-bond acceptors (Lipinski definition) is 8. The highest BCUT2D eigenvalue weighted by molar-refractivity contribution is 7.98. The van der Waals surface area contributed by atoms with Gasteiger partial charge in [-0.3, -0.25) is 13.7 Å². The van der Waals surface area contributed by atoms with Crippen molar-refractivity contribution in [3.8, 4) is 5.75 Å². The molecule has 1 aromatic rings. The van der Waals surface area contributed by atoms with Crippen LogP contribution in [0.2, 0.25) is 0 Å². The molecule has 1 atom stereocenters. The third kappa shape index (κ3) is 4.94. The lowest BCUT2D eigenvalue weighted by Gasteiger charge is -2.21. The highest BCUT2D eigenvalue weighted by atomic mass is 32.3. The molecule has 12 nitrogen and oxygen atoms in total. The maximum atomic E-state index is 11.2. The molecule has 0 aliphatic heterocycles. The van der Waals surface area contributed by atoms with Crippen LogP contribution < -0.4 is 0 Å². The Hall–Kier alpha value is -1.62. The maximum Gasteiger partial charge on any atom is 0.351 e. The highest BCUT2D eigenvalue weighted by Gasteiger charge is 2.39. The number of aldehydes is 1. The molecule has 4 N–H and O–H groups in total. The molecule has 0 amide bonds. The predicted octanol–water partition coefficient (Wildman–Crippen LogP) is -1.34. The van der Waals surface area contributed by atoms with Crippen molar-refractivity contribution in [3.63, 3.8) is 0 Å². The molecule has 0 bridgehead atoms. The fraction of sp³-hybridized carbons (Fsp3) is 0.222. The minimum absolute atomic E-state index is 0.290. The van der Waals surface area contributed by atoms with E-state index in [0.717, 1.165) is 12.1 Å².